The summed E-state index contributed by atoms with van der Waals surface area (Å²) in [6, 6.07) is 4.81. The number of ether oxygens (including phenoxy) is 2. The van der Waals surface area contributed by atoms with E-state index in [1.165, 1.54) is 6.07 Å². The Labute approximate surface area is 108 Å². The number of nitro groups is 1. The highest BCUT2D eigenvalue weighted by molar-refractivity contribution is 5.49. The maximum Gasteiger partial charge on any atom is 0.277 e. The number of imidazole rings is 1. The maximum atomic E-state index is 11.1. The van der Waals surface area contributed by atoms with Crippen molar-refractivity contribution in [2.45, 2.75) is 6.29 Å². The van der Waals surface area contributed by atoms with E-state index in [0.29, 0.717) is 18.8 Å². The quantitative estimate of drug-likeness (QED) is 0.622. The molecule has 0 bridgehead atoms. The Balaban J connectivity index is 2.06. The van der Waals surface area contributed by atoms with Gasteiger partial charge in [0.15, 0.2) is 6.29 Å². The summed E-state index contributed by atoms with van der Waals surface area (Å²) in [5.41, 5.74) is 1.20. The van der Waals surface area contributed by atoms with E-state index in [1.807, 2.05) is 0 Å². The Hall–Kier alpha value is -2.25. The molecule has 1 aliphatic rings. The first-order chi connectivity index (χ1) is 9.25. The lowest BCUT2D eigenvalue weighted by Gasteiger charge is -2.11. The van der Waals surface area contributed by atoms with Gasteiger partial charge in [0.2, 0.25) is 0 Å². The zero-order valence-electron chi connectivity index (χ0n) is 9.93. The van der Waals surface area contributed by atoms with Gasteiger partial charge in [0, 0.05) is 24.1 Å². The normalized spacial score (nSPS) is 15.8. The van der Waals surface area contributed by atoms with Crippen molar-refractivity contribution in [1.82, 2.24) is 9.55 Å². The van der Waals surface area contributed by atoms with Gasteiger partial charge in [-0.3, -0.25) is 10.1 Å². The third-order valence-electron chi connectivity index (χ3n) is 2.89. The van der Waals surface area contributed by atoms with Crippen LogP contribution in [0.5, 0.6) is 0 Å². The van der Waals surface area contributed by atoms with Crippen molar-refractivity contribution in [3.8, 4) is 5.69 Å². The largest absolute Gasteiger partial charge is 0.346 e. The van der Waals surface area contributed by atoms with E-state index in [1.54, 1.807) is 35.4 Å². The summed E-state index contributed by atoms with van der Waals surface area (Å²) >= 11 is 0. The monoisotopic (exact) mass is 261 g/mol. The first kappa shape index (κ1) is 11.8. The maximum absolute atomic E-state index is 11.1. The van der Waals surface area contributed by atoms with E-state index in [2.05, 4.69) is 4.98 Å². The minimum Gasteiger partial charge on any atom is -0.346 e. The minimum atomic E-state index is -0.677. The van der Waals surface area contributed by atoms with Crippen molar-refractivity contribution in [3.05, 3.63) is 52.6 Å². The summed E-state index contributed by atoms with van der Waals surface area (Å²) in [4.78, 5) is 14.6. The van der Waals surface area contributed by atoms with E-state index in [-0.39, 0.29) is 5.69 Å². The van der Waals surface area contributed by atoms with Crippen LogP contribution in [0.3, 0.4) is 0 Å². The van der Waals surface area contributed by atoms with E-state index >= 15 is 0 Å². The molecule has 1 aromatic heterocycles. The molecule has 0 unspecified atom stereocenters. The molecule has 1 aromatic carbocycles. The van der Waals surface area contributed by atoms with Crippen LogP contribution in [-0.4, -0.2) is 27.7 Å². The molecule has 7 nitrogen and oxygen atoms in total. The third kappa shape index (κ3) is 2.20. The summed E-state index contributed by atoms with van der Waals surface area (Å²) in [7, 11) is 0. The molecular formula is C12H11N3O4. The minimum absolute atomic E-state index is 0.00392. The van der Waals surface area contributed by atoms with Gasteiger partial charge >= 0.3 is 0 Å². The fraction of sp³-hybridized carbons (Fsp3) is 0.250. The van der Waals surface area contributed by atoms with Gasteiger partial charge in [-0.15, -0.1) is 0 Å². The van der Waals surface area contributed by atoms with Crippen LogP contribution in [0, 0.1) is 10.1 Å². The van der Waals surface area contributed by atoms with Crippen LogP contribution in [0.15, 0.2) is 36.9 Å². The van der Waals surface area contributed by atoms with Gasteiger partial charge < -0.3 is 14.0 Å². The predicted octanol–water partition coefficient (Wildman–Crippen LogP) is 1.83. The Kier molecular flexibility index (Phi) is 2.98. The standard InChI is InChI=1S/C12H11N3O4/c16-15(17)11-2-1-9(14-4-3-13-8-14)7-10(11)12-18-5-6-19-12/h1-4,7-8,12H,5-6H2. The molecule has 0 atom stereocenters. The van der Waals surface area contributed by atoms with Crippen LogP contribution in [0.25, 0.3) is 5.69 Å². The second kappa shape index (κ2) is 4.79. The molecule has 1 aliphatic heterocycles. The molecule has 0 saturated carbocycles. The Morgan fingerprint density at radius 3 is 2.79 bits per heavy atom. The van der Waals surface area contributed by atoms with Crippen molar-refractivity contribution in [3.63, 3.8) is 0 Å². The van der Waals surface area contributed by atoms with Crippen LogP contribution in [0.4, 0.5) is 5.69 Å². The number of nitrogens with zero attached hydrogens (tertiary/aromatic N) is 3. The Bertz CT molecular complexity index is 591. The molecule has 2 heterocycles. The van der Waals surface area contributed by atoms with E-state index in [0.717, 1.165) is 5.69 Å². The molecule has 7 heteroatoms. The first-order valence-electron chi connectivity index (χ1n) is 5.75. The molecule has 2 aromatic rings. The fourth-order valence-electron chi connectivity index (χ4n) is 2.01. The molecule has 0 radical (unpaired) electrons. The molecule has 0 spiro atoms. The second-order valence-electron chi connectivity index (χ2n) is 4.04. The van der Waals surface area contributed by atoms with Gasteiger partial charge in [-0.1, -0.05) is 0 Å². The van der Waals surface area contributed by atoms with Crippen molar-refractivity contribution >= 4 is 5.69 Å². The molecular weight excluding hydrogens is 250 g/mol. The van der Waals surface area contributed by atoms with Gasteiger partial charge in [0.1, 0.15) is 0 Å². The van der Waals surface area contributed by atoms with Crippen molar-refractivity contribution in [2.75, 3.05) is 13.2 Å². The van der Waals surface area contributed by atoms with Crippen molar-refractivity contribution < 1.29 is 14.4 Å². The van der Waals surface area contributed by atoms with E-state index in [4.69, 9.17) is 9.47 Å². The lowest BCUT2D eigenvalue weighted by Crippen LogP contribution is -2.04. The molecule has 3 rings (SSSR count). The number of nitro benzene ring substituents is 1. The molecule has 98 valence electrons. The zero-order chi connectivity index (χ0) is 13.2. The number of hydrogen-bond acceptors (Lipinski definition) is 5. The summed E-state index contributed by atoms with van der Waals surface area (Å²) in [5, 5.41) is 11.1. The number of rotatable bonds is 3. The molecule has 1 saturated heterocycles. The summed E-state index contributed by atoms with van der Waals surface area (Å²) in [6.45, 7) is 0.883. The van der Waals surface area contributed by atoms with E-state index < -0.39 is 11.2 Å². The average Bonchev–Trinajstić information content (AvgIpc) is 3.11. The fourth-order valence-corrected chi connectivity index (χ4v) is 2.01. The first-order valence-corrected chi connectivity index (χ1v) is 5.75. The van der Waals surface area contributed by atoms with Crippen LogP contribution < -0.4 is 0 Å². The molecule has 0 amide bonds. The highest BCUT2D eigenvalue weighted by Gasteiger charge is 2.27. The SMILES string of the molecule is O=[N+]([O-])c1ccc(-n2ccnc2)cc1C1OCCO1. The van der Waals surface area contributed by atoms with Crippen LogP contribution in [0.1, 0.15) is 11.9 Å². The molecule has 19 heavy (non-hydrogen) atoms. The van der Waals surface area contributed by atoms with E-state index in [9.17, 15) is 10.1 Å². The lowest BCUT2D eigenvalue weighted by molar-refractivity contribution is -0.386. The summed E-state index contributed by atoms with van der Waals surface area (Å²) in [6.07, 6.45) is 4.36. The highest BCUT2D eigenvalue weighted by Crippen LogP contribution is 2.32. The smallest absolute Gasteiger partial charge is 0.277 e. The van der Waals surface area contributed by atoms with Crippen molar-refractivity contribution in [1.29, 1.82) is 0 Å². The van der Waals surface area contributed by atoms with Crippen LogP contribution >= 0.6 is 0 Å². The third-order valence-corrected chi connectivity index (χ3v) is 2.89. The highest BCUT2D eigenvalue weighted by atomic mass is 16.7. The average molecular weight is 261 g/mol. The van der Waals surface area contributed by atoms with Gasteiger partial charge in [-0.2, -0.15) is 0 Å². The second-order valence-corrected chi connectivity index (χ2v) is 4.04. The number of aromatic nitrogens is 2. The lowest BCUT2D eigenvalue weighted by atomic mass is 10.1. The molecule has 1 fully saturated rings. The summed E-state index contributed by atoms with van der Waals surface area (Å²) in [5.74, 6) is 0. The number of hydrogen-bond donors (Lipinski definition) is 0. The zero-order valence-corrected chi connectivity index (χ0v) is 9.93. The predicted molar refractivity (Wildman–Crippen MR) is 64.9 cm³/mol. The van der Waals surface area contributed by atoms with Gasteiger partial charge in [-0.05, 0) is 12.1 Å². The van der Waals surface area contributed by atoms with Gasteiger partial charge in [0.25, 0.3) is 5.69 Å². The van der Waals surface area contributed by atoms with Crippen molar-refractivity contribution in [2.24, 2.45) is 0 Å². The van der Waals surface area contributed by atoms with Crippen LogP contribution in [0.2, 0.25) is 0 Å². The molecule has 0 aliphatic carbocycles. The summed E-state index contributed by atoms with van der Waals surface area (Å²) < 4.78 is 12.5. The molecule has 0 N–H and O–H groups in total. The topological polar surface area (TPSA) is 79.4 Å². The van der Waals surface area contributed by atoms with Gasteiger partial charge in [0.05, 0.1) is 30.0 Å². The number of benzene rings is 1. The Morgan fingerprint density at radius 2 is 2.16 bits per heavy atom. The van der Waals surface area contributed by atoms with Crippen LogP contribution in [-0.2, 0) is 9.47 Å². The van der Waals surface area contributed by atoms with Gasteiger partial charge in [-0.25, -0.2) is 4.98 Å². The Morgan fingerprint density at radius 1 is 1.37 bits per heavy atom.